The highest BCUT2D eigenvalue weighted by Gasteiger charge is 2.08. The van der Waals surface area contributed by atoms with E-state index in [1.807, 2.05) is 18.2 Å². The van der Waals surface area contributed by atoms with Crippen molar-refractivity contribution in [1.82, 2.24) is 15.5 Å². The average molecular weight is 344 g/mol. The third-order valence-corrected chi connectivity index (χ3v) is 3.63. The molecule has 0 fully saturated rings. The highest BCUT2D eigenvalue weighted by molar-refractivity contribution is 5.92. The van der Waals surface area contributed by atoms with Gasteiger partial charge in [0.15, 0.2) is 17.2 Å². The third kappa shape index (κ3) is 5.34. The van der Waals surface area contributed by atoms with E-state index < -0.39 is 0 Å². The number of rotatable bonds is 9. The van der Waals surface area contributed by atoms with E-state index in [0.29, 0.717) is 36.1 Å². The second-order valence-electron chi connectivity index (χ2n) is 5.46. The highest BCUT2D eigenvalue weighted by atomic mass is 16.5. The molecule has 7 nitrogen and oxygen atoms in total. The molecule has 0 aliphatic rings. The summed E-state index contributed by atoms with van der Waals surface area (Å²) in [5.41, 5.74) is 1.33. The Balaban J connectivity index is 1.92. The van der Waals surface area contributed by atoms with Crippen molar-refractivity contribution in [2.45, 2.75) is 26.3 Å². The van der Waals surface area contributed by atoms with Gasteiger partial charge < -0.3 is 20.1 Å². The summed E-state index contributed by atoms with van der Waals surface area (Å²) < 4.78 is 10.5. The second kappa shape index (κ2) is 9.46. The van der Waals surface area contributed by atoms with Gasteiger partial charge in [0.1, 0.15) is 5.82 Å². The lowest BCUT2D eigenvalue weighted by atomic mass is 10.2. The fourth-order valence-corrected chi connectivity index (χ4v) is 2.20. The number of anilines is 1. The van der Waals surface area contributed by atoms with E-state index in [4.69, 9.17) is 9.47 Å². The van der Waals surface area contributed by atoms with Gasteiger partial charge in [-0.3, -0.25) is 4.79 Å². The van der Waals surface area contributed by atoms with E-state index >= 15 is 0 Å². The maximum atomic E-state index is 11.9. The number of methoxy groups -OCH3 is 2. The van der Waals surface area contributed by atoms with Crippen molar-refractivity contribution in [3.63, 3.8) is 0 Å². The fourth-order valence-electron chi connectivity index (χ4n) is 2.20. The van der Waals surface area contributed by atoms with Crippen LogP contribution >= 0.6 is 0 Å². The quantitative estimate of drug-likeness (QED) is 0.680. The highest BCUT2D eigenvalue weighted by Crippen LogP contribution is 2.27. The lowest BCUT2D eigenvalue weighted by molar-refractivity contribution is 0.0947. The number of amides is 1. The molecule has 134 valence electrons. The minimum atomic E-state index is -0.201. The van der Waals surface area contributed by atoms with Gasteiger partial charge >= 0.3 is 0 Å². The van der Waals surface area contributed by atoms with E-state index in [0.717, 1.165) is 18.4 Å². The Labute approximate surface area is 147 Å². The molecule has 1 heterocycles. The molecule has 0 spiro atoms. The lowest BCUT2D eigenvalue weighted by Crippen LogP contribution is -2.25. The Morgan fingerprint density at radius 2 is 1.88 bits per heavy atom. The number of hydrogen-bond acceptors (Lipinski definition) is 6. The van der Waals surface area contributed by atoms with Crippen molar-refractivity contribution in [1.29, 1.82) is 0 Å². The number of aromatic nitrogens is 2. The summed E-state index contributed by atoms with van der Waals surface area (Å²) in [4.78, 5) is 11.9. The maximum absolute atomic E-state index is 11.9. The Morgan fingerprint density at radius 3 is 2.52 bits per heavy atom. The van der Waals surface area contributed by atoms with Crippen LogP contribution in [0.5, 0.6) is 11.5 Å². The Bertz CT molecular complexity index is 689. The first-order chi connectivity index (χ1) is 12.2. The van der Waals surface area contributed by atoms with E-state index in [2.05, 4.69) is 27.8 Å². The number of nitrogens with zero attached hydrogens (tertiary/aromatic N) is 2. The number of nitrogens with one attached hydrogen (secondary N) is 2. The first-order valence-corrected chi connectivity index (χ1v) is 8.24. The van der Waals surface area contributed by atoms with Crippen LogP contribution in [0, 0.1) is 0 Å². The van der Waals surface area contributed by atoms with Gasteiger partial charge in [-0.1, -0.05) is 19.4 Å². The van der Waals surface area contributed by atoms with Crippen LogP contribution in [0.2, 0.25) is 0 Å². The van der Waals surface area contributed by atoms with Gasteiger partial charge in [0.2, 0.25) is 0 Å². The number of ether oxygens (including phenoxy) is 2. The molecule has 0 aliphatic heterocycles. The van der Waals surface area contributed by atoms with Gasteiger partial charge in [-0.15, -0.1) is 10.2 Å². The van der Waals surface area contributed by atoms with Crippen LogP contribution < -0.4 is 20.1 Å². The molecular weight excluding hydrogens is 320 g/mol. The molecule has 7 heteroatoms. The molecule has 1 aromatic carbocycles. The average Bonchev–Trinajstić information content (AvgIpc) is 2.66. The predicted molar refractivity (Wildman–Crippen MR) is 96.1 cm³/mol. The minimum absolute atomic E-state index is 0.201. The van der Waals surface area contributed by atoms with Crippen molar-refractivity contribution in [3.05, 3.63) is 41.6 Å². The third-order valence-electron chi connectivity index (χ3n) is 3.63. The first kappa shape index (κ1) is 18.5. The van der Waals surface area contributed by atoms with Crippen molar-refractivity contribution in [3.8, 4) is 11.5 Å². The molecular formula is C18H24N4O3. The van der Waals surface area contributed by atoms with Gasteiger partial charge in [-0.05, 0) is 36.2 Å². The number of carbonyl (C=O) groups excluding carboxylic acids is 1. The number of hydrogen-bond donors (Lipinski definition) is 2. The second-order valence-corrected chi connectivity index (χ2v) is 5.46. The normalized spacial score (nSPS) is 10.2. The number of unbranched alkanes of at least 4 members (excludes halogenated alkanes) is 1. The van der Waals surface area contributed by atoms with E-state index in [1.165, 1.54) is 0 Å². The standard InChI is InChI=1S/C18H24N4O3/c1-4-5-10-19-18(23)14-7-9-17(22-21-14)20-12-13-6-8-15(24-2)16(11-13)25-3/h6-9,11H,4-5,10,12H2,1-3H3,(H,19,23)(H,20,22). The van der Waals surface area contributed by atoms with Gasteiger partial charge in [-0.25, -0.2) is 0 Å². The zero-order valence-electron chi connectivity index (χ0n) is 14.8. The molecule has 2 aromatic rings. The van der Waals surface area contributed by atoms with Crippen LogP contribution in [-0.2, 0) is 6.54 Å². The Hall–Kier alpha value is -2.83. The molecule has 25 heavy (non-hydrogen) atoms. The zero-order chi connectivity index (χ0) is 18.1. The molecule has 0 atom stereocenters. The van der Waals surface area contributed by atoms with Gasteiger partial charge in [0.05, 0.1) is 14.2 Å². The summed E-state index contributed by atoms with van der Waals surface area (Å²) in [6.07, 6.45) is 1.98. The van der Waals surface area contributed by atoms with E-state index in [-0.39, 0.29) is 5.91 Å². The van der Waals surface area contributed by atoms with Gasteiger partial charge in [0, 0.05) is 13.1 Å². The number of benzene rings is 1. The molecule has 1 aromatic heterocycles. The van der Waals surface area contributed by atoms with Gasteiger partial charge in [0.25, 0.3) is 5.91 Å². The summed E-state index contributed by atoms with van der Waals surface area (Å²) in [7, 11) is 3.20. The van der Waals surface area contributed by atoms with Crippen LogP contribution in [0.25, 0.3) is 0 Å². The molecule has 1 amide bonds. The topological polar surface area (TPSA) is 85.4 Å². The predicted octanol–water partition coefficient (Wildman–Crippen LogP) is 2.64. The maximum Gasteiger partial charge on any atom is 0.271 e. The summed E-state index contributed by atoms with van der Waals surface area (Å²) in [5.74, 6) is 1.75. The van der Waals surface area contributed by atoms with Crippen LogP contribution in [-0.4, -0.2) is 36.9 Å². The first-order valence-electron chi connectivity index (χ1n) is 8.24. The molecule has 0 saturated carbocycles. The van der Waals surface area contributed by atoms with Crippen molar-refractivity contribution < 1.29 is 14.3 Å². The van der Waals surface area contributed by atoms with Crippen LogP contribution in [0.4, 0.5) is 5.82 Å². The van der Waals surface area contributed by atoms with Crippen molar-refractivity contribution in [2.75, 3.05) is 26.1 Å². The summed E-state index contributed by atoms with van der Waals surface area (Å²) in [5, 5.41) is 14.0. The largest absolute Gasteiger partial charge is 0.493 e. The van der Waals surface area contributed by atoms with Crippen molar-refractivity contribution in [2.24, 2.45) is 0 Å². The molecule has 0 bridgehead atoms. The van der Waals surface area contributed by atoms with Crippen LogP contribution in [0.1, 0.15) is 35.8 Å². The van der Waals surface area contributed by atoms with E-state index in [9.17, 15) is 4.79 Å². The van der Waals surface area contributed by atoms with Crippen molar-refractivity contribution >= 4 is 11.7 Å². The lowest BCUT2D eigenvalue weighted by Gasteiger charge is -2.10. The minimum Gasteiger partial charge on any atom is -0.493 e. The van der Waals surface area contributed by atoms with Crippen LogP contribution in [0.15, 0.2) is 30.3 Å². The smallest absolute Gasteiger partial charge is 0.271 e. The monoisotopic (exact) mass is 344 g/mol. The molecule has 0 saturated heterocycles. The molecule has 2 N–H and O–H groups in total. The molecule has 0 aliphatic carbocycles. The molecule has 0 unspecified atom stereocenters. The molecule has 0 radical (unpaired) electrons. The van der Waals surface area contributed by atoms with Crippen LogP contribution in [0.3, 0.4) is 0 Å². The summed E-state index contributed by atoms with van der Waals surface area (Å²) in [6, 6.07) is 9.09. The summed E-state index contributed by atoms with van der Waals surface area (Å²) in [6.45, 7) is 3.28. The zero-order valence-corrected chi connectivity index (χ0v) is 14.8. The Kier molecular flexibility index (Phi) is 7.00. The van der Waals surface area contributed by atoms with E-state index in [1.54, 1.807) is 26.4 Å². The Morgan fingerprint density at radius 1 is 1.08 bits per heavy atom. The summed E-state index contributed by atoms with van der Waals surface area (Å²) >= 11 is 0. The molecule has 2 rings (SSSR count). The van der Waals surface area contributed by atoms with Gasteiger partial charge in [-0.2, -0.15) is 0 Å². The number of carbonyl (C=O) groups is 1. The SMILES string of the molecule is CCCCNC(=O)c1ccc(NCc2ccc(OC)c(OC)c2)nn1. The fraction of sp³-hybridized carbons (Fsp3) is 0.389.